The molecule has 0 aliphatic rings. The predicted octanol–water partition coefficient (Wildman–Crippen LogP) is 3.61. The largest absolute Gasteiger partial charge is 0.419 e. The van der Waals surface area contributed by atoms with Crippen LogP contribution in [0.15, 0.2) is 36.5 Å². The number of benzene rings is 1. The molecule has 0 atom stereocenters. The first-order chi connectivity index (χ1) is 11.8. The average Bonchev–Trinajstić information content (AvgIpc) is 2.54. The summed E-state index contributed by atoms with van der Waals surface area (Å²) in [5, 5.41) is 6.94. The summed E-state index contributed by atoms with van der Waals surface area (Å²) in [4.78, 5) is 15.2. The fourth-order valence-electron chi connectivity index (χ4n) is 1.89. The van der Waals surface area contributed by atoms with E-state index < -0.39 is 29.4 Å². The van der Waals surface area contributed by atoms with Crippen molar-refractivity contribution in [3.8, 4) is 0 Å². The van der Waals surface area contributed by atoms with Gasteiger partial charge in [0.2, 0.25) is 0 Å². The monoisotopic (exact) mass is 360 g/mol. The Labute approximate surface area is 139 Å². The minimum absolute atomic E-state index is 0.0422. The SMILES string of the molecule is O=C(NCCNc1ncccc1C(F)(F)F)Nc1ccc(F)cc1F. The van der Waals surface area contributed by atoms with Crippen LogP contribution in [0.4, 0.5) is 38.3 Å². The summed E-state index contributed by atoms with van der Waals surface area (Å²) < 4.78 is 64.4. The van der Waals surface area contributed by atoms with Crippen molar-refractivity contribution in [3.63, 3.8) is 0 Å². The normalized spacial score (nSPS) is 11.1. The Morgan fingerprint density at radius 2 is 1.88 bits per heavy atom. The number of anilines is 2. The number of amides is 2. The Bertz CT molecular complexity index is 751. The second-order valence-corrected chi connectivity index (χ2v) is 4.83. The molecule has 2 aromatic rings. The van der Waals surface area contributed by atoms with Crippen LogP contribution in [0.2, 0.25) is 0 Å². The fourth-order valence-corrected chi connectivity index (χ4v) is 1.89. The number of carbonyl (C=O) groups is 1. The number of rotatable bonds is 5. The number of urea groups is 1. The second kappa shape index (κ2) is 7.77. The third-order valence-corrected chi connectivity index (χ3v) is 3.00. The van der Waals surface area contributed by atoms with Crippen LogP contribution in [-0.2, 0) is 6.18 Å². The number of alkyl halides is 3. The molecule has 0 aliphatic carbocycles. The van der Waals surface area contributed by atoms with Gasteiger partial charge in [0.25, 0.3) is 0 Å². The zero-order valence-corrected chi connectivity index (χ0v) is 12.6. The third kappa shape index (κ3) is 5.30. The first-order valence-electron chi connectivity index (χ1n) is 7.03. The molecule has 1 aromatic carbocycles. The fraction of sp³-hybridized carbons (Fsp3) is 0.200. The van der Waals surface area contributed by atoms with Crippen molar-refractivity contribution in [3.05, 3.63) is 53.7 Å². The number of hydrogen-bond acceptors (Lipinski definition) is 3. The molecule has 0 fully saturated rings. The topological polar surface area (TPSA) is 66.0 Å². The summed E-state index contributed by atoms with van der Waals surface area (Å²) in [6.07, 6.45) is -3.35. The number of pyridine rings is 1. The van der Waals surface area contributed by atoms with E-state index in [9.17, 15) is 26.7 Å². The van der Waals surface area contributed by atoms with Gasteiger partial charge in [0, 0.05) is 25.4 Å². The zero-order valence-electron chi connectivity index (χ0n) is 12.6. The maximum absolute atomic E-state index is 13.4. The molecule has 0 saturated heterocycles. The molecule has 0 aliphatic heterocycles. The Balaban J connectivity index is 1.83. The molecule has 0 unspecified atom stereocenters. The number of nitrogens with one attached hydrogen (secondary N) is 3. The first-order valence-corrected chi connectivity index (χ1v) is 7.03. The summed E-state index contributed by atoms with van der Waals surface area (Å²) in [5.41, 5.74) is -1.15. The molecule has 0 radical (unpaired) electrons. The van der Waals surface area contributed by atoms with E-state index in [2.05, 4.69) is 20.9 Å². The van der Waals surface area contributed by atoms with Crippen molar-refractivity contribution in [1.29, 1.82) is 0 Å². The van der Waals surface area contributed by atoms with Gasteiger partial charge in [-0.1, -0.05) is 0 Å². The molecule has 0 saturated carbocycles. The number of nitrogens with zero attached hydrogens (tertiary/aromatic N) is 1. The van der Waals surface area contributed by atoms with Gasteiger partial charge in [-0.05, 0) is 24.3 Å². The predicted molar refractivity (Wildman–Crippen MR) is 81.1 cm³/mol. The molecular formula is C15H13F5N4O. The van der Waals surface area contributed by atoms with E-state index in [1.165, 1.54) is 6.20 Å². The van der Waals surface area contributed by atoms with Gasteiger partial charge in [0.05, 0.1) is 11.3 Å². The van der Waals surface area contributed by atoms with E-state index >= 15 is 0 Å². The van der Waals surface area contributed by atoms with Crippen molar-refractivity contribution in [2.75, 3.05) is 23.7 Å². The molecule has 5 nitrogen and oxygen atoms in total. The lowest BCUT2D eigenvalue weighted by Gasteiger charge is -2.13. The summed E-state index contributed by atoms with van der Waals surface area (Å²) in [6, 6.07) is 3.89. The molecule has 2 rings (SSSR count). The number of aromatic nitrogens is 1. The van der Waals surface area contributed by atoms with Crippen molar-refractivity contribution < 1.29 is 26.7 Å². The van der Waals surface area contributed by atoms with E-state index in [0.717, 1.165) is 24.3 Å². The van der Waals surface area contributed by atoms with Gasteiger partial charge in [-0.2, -0.15) is 13.2 Å². The average molecular weight is 360 g/mol. The molecule has 3 N–H and O–H groups in total. The van der Waals surface area contributed by atoms with Crippen LogP contribution >= 0.6 is 0 Å². The lowest BCUT2D eigenvalue weighted by molar-refractivity contribution is -0.137. The maximum Gasteiger partial charge on any atom is 0.419 e. The van der Waals surface area contributed by atoms with Crippen LogP contribution in [0.3, 0.4) is 0 Å². The highest BCUT2D eigenvalue weighted by molar-refractivity contribution is 5.89. The van der Waals surface area contributed by atoms with E-state index in [-0.39, 0.29) is 24.6 Å². The van der Waals surface area contributed by atoms with Crippen LogP contribution in [0, 0.1) is 11.6 Å². The van der Waals surface area contributed by atoms with E-state index in [1.54, 1.807) is 0 Å². The molecule has 134 valence electrons. The quantitative estimate of drug-likeness (QED) is 0.564. The Morgan fingerprint density at radius 3 is 2.56 bits per heavy atom. The maximum atomic E-state index is 13.4. The summed E-state index contributed by atoms with van der Waals surface area (Å²) in [7, 11) is 0. The zero-order chi connectivity index (χ0) is 18.4. The molecule has 0 bridgehead atoms. The van der Waals surface area contributed by atoms with Crippen molar-refractivity contribution in [2.45, 2.75) is 6.18 Å². The van der Waals surface area contributed by atoms with E-state index in [0.29, 0.717) is 6.07 Å². The standard InChI is InChI=1S/C15H13F5N4O/c16-9-3-4-12(11(17)8-9)24-14(25)23-7-6-22-13-10(15(18,19)20)2-1-5-21-13/h1-5,8H,6-7H2,(H,21,22)(H2,23,24,25). The highest BCUT2D eigenvalue weighted by Crippen LogP contribution is 2.33. The minimum Gasteiger partial charge on any atom is -0.368 e. The molecular weight excluding hydrogens is 347 g/mol. The van der Waals surface area contributed by atoms with Gasteiger partial charge in [0.15, 0.2) is 0 Å². The lowest BCUT2D eigenvalue weighted by atomic mass is 10.2. The van der Waals surface area contributed by atoms with Crippen LogP contribution < -0.4 is 16.0 Å². The van der Waals surface area contributed by atoms with Crippen LogP contribution in [-0.4, -0.2) is 24.1 Å². The van der Waals surface area contributed by atoms with Gasteiger partial charge in [-0.3, -0.25) is 0 Å². The summed E-state index contributed by atoms with van der Waals surface area (Å²) >= 11 is 0. The number of halogens is 5. The van der Waals surface area contributed by atoms with E-state index in [1.807, 2.05) is 0 Å². The molecule has 25 heavy (non-hydrogen) atoms. The number of carbonyl (C=O) groups excluding carboxylic acids is 1. The Hall–Kier alpha value is -2.91. The van der Waals surface area contributed by atoms with Crippen LogP contribution in [0.1, 0.15) is 5.56 Å². The summed E-state index contributed by atoms with van der Waals surface area (Å²) in [6.45, 7) is -0.0953. The molecule has 1 heterocycles. The summed E-state index contributed by atoms with van der Waals surface area (Å²) in [5.74, 6) is -2.10. The highest BCUT2D eigenvalue weighted by Gasteiger charge is 2.33. The van der Waals surface area contributed by atoms with Crippen molar-refractivity contribution >= 4 is 17.5 Å². The smallest absolute Gasteiger partial charge is 0.368 e. The first kappa shape index (κ1) is 18.4. The van der Waals surface area contributed by atoms with Crippen LogP contribution in [0.25, 0.3) is 0 Å². The molecule has 10 heteroatoms. The highest BCUT2D eigenvalue weighted by atomic mass is 19.4. The molecule has 2 amide bonds. The Morgan fingerprint density at radius 1 is 1.12 bits per heavy atom. The van der Waals surface area contributed by atoms with E-state index in [4.69, 9.17) is 0 Å². The lowest BCUT2D eigenvalue weighted by Crippen LogP contribution is -2.33. The molecule has 1 aromatic heterocycles. The van der Waals surface area contributed by atoms with Gasteiger partial charge < -0.3 is 16.0 Å². The Kier molecular flexibility index (Phi) is 5.73. The van der Waals surface area contributed by atoms with Gasteiger partial charge in [-0.25, -0.2) is 18.6 Å². The van der Waals surface area contributed by atoms with Crippen molar-refractivity contribution in [2.24, 2.45) is 0 Å². The van der Waals surface area contributed by atoms with Crippen LogP contribution in [0.5, 0.6) is 0 Å². The number of hydrogen-bond donors (Lipinski definition) is 3. The molecule has 0 spiro atoms. The van der Waals surface area contributed by atoms with Crippen molar-refractivity contribution in [1.82, 2.24) is 10.3 Å². The van der Waals surface area contributed by atoms with Gasteiger partial charge >= 0.3 is 12.2 Å². The van der Waals surface area contributed by atoms with Gasteiger partial charge in [-0.15, -0.1) is 0 Å². The van der Waals surface area contributed by atoms with Gasteiger partial charge in [0.1, 0.15) is 17.5 Å². The second-order valence-electron chi connectivity index (χ2n) is 4.83. The minimum atomic E-state index is -4.55. The third-order valence-electron chi connectivity index (χ3n) is 3.00.